The van der Waals surface area contributed by atoms with Gasteiger partial charge in [0.1, 0.15) is 0 Å². The number of carbonyl (C=O) groups is 2. The summed E-state index contributed by atoms with van der Waals surface area (Å²) in [7, 11) is 0. The second-order valence-electron chi connectivity index (χ2n) is 3.58. The first-order valence-electron chi connectivity index (χ1n) is 4.71. The molecule has 1 saturated heterocycles. The Morgan fingerprint density at radius 3 is 2.40 bits per heavy atom. The van der Waals surface area contributed by atoms with Gasteiger partial charge in [0.05, 0.1) is 5.69 Å². The van der Waals surface area contributed by atoms with E-state index >= 15 is 0 Å². The van der Waals surface area contributed by atoms with Gasteiger partial charge in [-0.05, 0) is 40.5 Å². The lowest BCUT2D eigenvalue weighted by Crippen LogP contribution is -2.28. The van der Waals surface area contributed by atoms with Gasteiger partial charge in [-0.2, -0.15) is 0 Å². The summed E-state index contributed by atoms with van der Waals surface area (Å²) in [6, 6.07) is 5.62. The van der Waals surface area contributed by atoms with Gasteiger partial charge in [-0.15, -0.1) is 0 Å². The van der Waals surface area contributed by atoms with Crippen LogP contribution in [0.2, 0.25) is 0 Å². The largest absolute Gasteiger partial charge is 0.274 e. The zero-order chi connectivity index (χ0) is 11.0. The van der Waals surface area contributed by atoms with Crippen LogP contribution in [0.1, 0.15) is 18.4 Å². The van der Waals surface area contributed by atoms with Crippen LogP contribution in [0.4, 0.5) is 5.69 Å². The number of nitrogens with zero attached hydrogens (tertiary/aromatic N) is 1. The first-order chi connectivity index (χ1) is 7.09. The van der Waals surface area contributed by atoms with Crippen molar-refractivity contribution in [1.29, 1.82) is 0 Å². The fourth-order valence-electron chi connectivity index (χ4n) is 1.64. The highest BCUT2D eigenvalue weighted by Gasteiger charge is 2.31. The van der Waals surface area contributed by atoms with Crippen molar-refractivity contribution >= 4 is 33.4 Å². The molecule has 0 radical (unpaired) electrons. The molecule has 1 aliphatic rings. The molecular formula is C11H10BrNO2. The molecule has 0 bridgehead atoms. The summed E-state index contributed by atoms with van der Waals surface area (Å²) in [5.41, 5.74) is 1.68. The summed E-state index contributed by atoms with van der Waals surface area (Å²) in [5.74, 6) is -0.238. The van der Waals surface area contributed by atoms with Gasteiger partial charge in [0.25, 0.3) is 0 Å². The fourth-order valence-corrected chi connectivity index (χ4v) is 2.06. The molecule has 2 rings (SSSR count). The van der Waals surface area contributed by atoms with Crippen molar-refractivity contribution in [2.75, 3.05) is 4.90 Å². The topological polar surface area (TPSA) is 37.4 Å². The monoisotopic (exact) mass is 267 g/mol. The Labute approximate surface area is 96.2 Å². The van der Waals surface area contributed by atoms with Crippen molar-refractivity contribution in [1.82, 2.24) is 0 Å². The van der Waals surface area contributed by atoms with Crippen LogP contribution in [0.3, 0.4) is 0 Å². The predicted octanol–water partition coefficient (Wildman–Crippen LogP) is 2.41. The third-order valence-corrected chi connectivity index (χ3v) is 3.06. The summed E-state index contributed by atoms with van der Waals surface area (Å²) in [6.07, 6.45) is 0.637. The van der Waals surface area contributed by atoms with Crippen molar-refractivity contribution < 1.29 is 9.59 Å². The summed E-state index contributed by atoms with van der Waals surface area (Å²) < 4.78 is 0.775. The lowest BCUT2D eigenvalue weighted by Gasteiger charge is -2.16. The van der Waals surface area contributed by atoms with Crippen LogP contribution in [0.25, 0.3) is 0 Å². The van der Waals surface area contributed by atoms with Gasteiger partial charge in [-0.25, -0.2) is 4.90 Å². The predicted molar refractivity (Wildman–Crippen MR) is 60.6 cm³/mol. The zero-order valence-corrected chi connectivity index (χ0v) is 9.87. The van der Waals surface area contributed by atoms with Crippen LogP contribution in [-0.4, -0.2) is 11.8 Å². The van der Waals surface area contributed by atoms with E-state index in [0.29, 0.717) is 18.5 Å². The highest BCUT2D eigenvalue weighted by atomic mass is 79.9. The zero-order valence-electron chi connectivity index (χ0n) is 8.29. The van der Waals surface area contributed by atoms with Crippen molar-refractivity contribution in [3.05, 3.63) is 28.2 Å². The van der Waals surface area contributed by atoms with Crippen molar-refractivity contribution in [2.24, 2.45) is 0 Å². The molecule has 3 nitrogen and oxygen atoms in total. The van der Waals surface area contributed by atoms with E-state index < -0.39 is 0 Å². The molecule has 0 unspecified atom stereocenters. The van der Waals surface area contributed by atoms with E-state index in [2.05, 4.69) is 15.9 Å². The van der Waals surface area contributed by atoms with E-state index in [1.807, 2.05) is 25.1 Å². The number of hydrogen-bond acceptors (Lipinski definition) is 2. The van der Waals surface area contributed by atoms with Gasteiger partial charge < -0.3 is 0 Å². The number of anilines is 1. The minimum absolute atomic E-state index is 0.119. The molecule has 15 heavy (non-hydrogen) atoms. The maximum absolute atomic E-state index is 11.5. The third kappa shape index (κ3) is 1.81. The van der Waals surface area contributed by atoms with Gasteiger partial charge >= 0.3 is 0 Å². The summed E-state index contributed by atoms with van der Waals surface area (Å²) in [5, 5.41) is 0. The molecule has 1 aromatic carbocycles. The van der Waals surface area contributed by atoms with Gasteiger partial charge in [0.2, 0.25) is 11.8 Å². The van der Waals surface area contributed by atoms with Crippen LogP contribution >= 0.6 is 15.9 Å². The Morgan fingerprint density at radius 2 is 1.80 bits per heavy atom. The van der Waals surface area contributed by atoms with Crippen LogP contribution in [0.5, 0.6) is 0 Å². The summed E-state index contributed by atoms with van der Waals surface area (Å²) in [6.45, 7) is 1.93. The Balaban J connectivity index is 2.48. The standard InChI is InChI=1S/C11H10BrNO2/c1-7-2-3-8(12)9(6-7)13-10(14)4-5-11(13)15/h2-3,6H,4-5H2,1H3. The molecule has 1 heterocycles. The third-order valence-electron chi connectivity index (χ3n) is 2.39. The van der Waals surface area contributed by atoms with Crippen LogP contribution in [-0.2, 0) is 9.59 Å². The van der Waals surface area contributed by atoms with Gasteiger partial charge in [-0.1, -0.05) is 6.07 Å². The van der Waals surface area contributed by atoms with Gasteiger partial charge in [-0.3, -0.25) is 9.59 Å². The highest BCUT2D eigenvalue weighted by Crippen LogP contribution is 2.30. The number of benzene rings is 1. The van der Waals surface area contributed by atoms with Crippen LogP contribution in [0.15, 0.2) is 22.7 Å². The first-order valence-corrected chi connectivity index (χ1v) is 5.51. The summed E-state index contributed by atoms with van der Waals surface area (Å²) in [4.78, 5) is 24.3. The number of rotatable bonds is 1. The van der Waals surface area contributed by atoms with E-state index in [-0.39, 0.29) is 11.8 Å². The normalized spacial score (nSPS) is 16.3. The lowest BCUT2D eigenvalue weighted by atomic mass is 10.2. The molecule has 1 aliphatic heterocycles. The smallest absolute Gasteiger partial charge is 0.234 e. The van der Waals surface area contributed by atoms with Gasteiger partial charge in [0.15, 0.2) is 0 Å². The molecule has 78 valence electrons. The van der Waals surface area contributed by atoms with E-state index in [1.165, 1.54) is 4.90 Å². The van der Waals surface area contributed by atoms with Crippen molar-refractivity contribution in [3.8, 4) is 0 Å². The minimum atomic E-state index is -0.119. The molecule has 1 aromatic rings. The molecule has 0 atom stereocenters. The minimum Gasteiger partial charge on any atom is -0.274 e. The molecule has 1 fully saturated rings. The molecule has 0 aliphatic carbocycles. The average molecular weight is 268 g/mol. The second kappa shape index (κ2) is 3.77. The molecular weight excluding hydrogens is 258 g/mol. The Morgan fingerprint density at radius 1 is 1.20 bits per heavy atom. The van der Waals surface area contributed by atoms with Gasteiger partial charge in [0, 0.05) is 17.3 Å². The maximum atomic E-state index is 11.5. The Bertz CT molecular complexity index is 426. The maximum Gasteiger partial charge on any atom is 0.234 e. The number of hydrogen-bond donors (Lipinski definition) is 0. The quantitative estimate of drug-likeness (QED) is 0.733. The number of halogens is 1. The van der Waals surface area contributed by atoms with Crippen LogP contribution in [0, 0.1) is 6.92 Å². The van der Waals surface area contributed by atoms with E-state index in [1.54, 1.807) is 0 Å². The number of amides is 2. The number of aryl methyl sites for hydroxylation is 1. The Hall–Kier alpha value is -1.16. The van der Waals surface area contributed by atoms with E-state index in [0.717, 1.165) is 10.0 Å². The molecule has 0 saturated carbocycles. The van der Waals surface area contributed by atoms with E-state index in [4.69, 9.17) is 0 Å². The van der Waals surface area contributed by atoms with Crippen molar-refractivity contribution in [3.63, 3.8) is 0 Å². The van der Waals surface area contributed by atoms with Crippen molar-refractivity contribution in [2.45, 2.75) is 19.8 Å². The highest BCUT2D eigenvalue weighted by molar-refractivity contribution is 9.10. The number of carbonyl (C=O) groups excluding carboxylic acids is 2. The first kappa shape index (κ1) is 10.4. The molecule has 2 amide bonds. The molecule has 4 heteroatoms. The van der Waals surface area contributed by atoms with E-state index in [9.17, 15) is 9.59 Å². The SMILES string of the molecule is Cc1ccc(Br)c(N2C(=O)CCC2=O)c1. The second-order valence-corrected chi connectivity index (χ2v) is 4.43. The van der Waals surface area contributed by atoms with Crippen LogP contribution < -0.4 is 4.90 Å². The molecule has 0 aromatic heterocycles. The fraction of sp³-hybridized carbons (Fsp3) is 0.273. The summed E-state index contributed by atoms with van der Waals surface area (Å²) >= 11 is 3.35. The molecule has 0 spiro atoms. The molecule has 0 N–H and O–H groups in total. The number of imide groups is 1. The Kier molecular flexibility index (Phi) is 2.61. The lowest BCUT2D eigenvalue weighted by molar-refractivity contribution is -0.121. The average Bonchev–Trinajstić information content (AvgIpc) is 2.51.